The Morgan fingerprint density at radius 2 is 1.85 bits per heavy atom. The van der Waals surface area contributed by atoms with Gasteiger partial charge in [-0.1, -0.05) is 0 Å². The van der Waals surface area contributed by atoms with Gasteiger partial charge in [-0.2, -0.15) is 0 Å². The van der Waals surface area contributed by atoms with Crippen molar-refractivity contribution in [3.05, 3.63) is 47.8 Å². The fourth-order valence-corrected chi connectivity index (χ4v) is 2.30. The summed E-state index contributed by atoms with van der Waals surface area (Å²) in [5.74, 6) is 0.335. The summed E-state index contributed by atoms with van der Waals surface area (Å²) in [6, 6.07) is 8.03. The highest BCUT2D eigenvalue weighted by molar-refractivity contribution is 6.05. The molecule has 0 atom stereocenters. The number of ether oxygens (including phenoxy) is 3. The van der Waals surface area contributed by atoms with E-state index in [0.29, 0.717) is 42.3 Å². The first-order valence-corrected chi connectivity index (χ1v) is 8.35. The molecule has 0 fully saturated rings. The van der Waals surface area contributed by atoms with Crippen LogP contribution in [0, 0.1) is 0 Å². The number of benzene rings is 1. The predicted molar refractivity (Wildman–Crippen MR) is 101 cm³/mol. The average Bonchev–Trinajstić information content (AvgIpc) is 2.71. The van der Waals surface area contributed by atoms with Gasteiger partial charge < -0.3 is 24.8 Å². The van der Waals surface area contributed by atoms with Crippen LogP contribution in [0.1, 0.15) is 27.3 Å². The molecule has 2 amide bonds. The molecule has 0 aliphatic heterocycles. The Kier molecular flexibility index (Phi) is 7.57. The summed E-state index contributed by atoms with van der Waals surface area (Å²) in [7, 11) is 4.65. The van der Waals surface area contributed by atoms with Crippen molar-refractivity contribution >= 4 is 17.5 Å². The van der Waals surface area contributed by atoms with E-state index in [1.54, 1.807) is 38.5 Å². The number of nitrogens with one attached hydrogen (secondary N) is 2. The first kappa shape index (κ1) is 20.2. The Hall–Kier alpha value is -3.13. The van der Waals surface area contributed by atoms with E-state index in [0.717, 1.165) is 0 Å². The number of amides is 2. The summed E-state index contributed by atoms with van der Waals surface area (Å²) in [6.07, 6.45) is 2.13. The largest absolute Gasteiger partial charge is 0.497 e. The lowest BCUT2D eigenvalue weighted by molar-refractivity contribution is 0.0948. The van der Waals surface area contributed by atoms with Crippen LogP contribution in [0.3, 0.4) is 0 Å². The molecule has 1 aromatic heterocycles. The Balaban J connectivity index is 2.08. The molecule has 0 aliphatic rings. The molecule has 0 aliphatic carbocycles. The van der Waals surface area contributed by atoms with E-state index in [4.69, 9.17) is 14.2 Å². The quantitative estimate of drug-likeness (QED) is 0.653. The maximum Gasteiger partial charge on any atom is 0.274 e. The summed E-state index contributed by atoms with van der Waals surface area (Å²) in [5.41, 5.74) is 0.950. The lowest BCUT2D eigenvalue weighted by Crippen LogP contribution is -2.26. The molecule has 0 bridgehead atoms. The summed E-state index contributed by atoms with van der Waals surface area (Å²) in [5, 5.41) is 5.49. The summed E-state index contributed by atoms with van der Waals surface area (Å²) < 4.78 is 15.3. The highest BCUT2D eigenvalue weighted by Crippen LogP contribution is 2.29. The van der Waals surface area contributed by atoms with Gasteiger partial charge in [0.2, 0.25) is 0 Å². The molecule has 0 spiro atoms. The van der Waals surface area contributed by atoms with Crippen LogP contribution >= 0.6 is 0 Å². The maximum absolute atomic E-state index is 12.5. The Labute approximate surface area is 157 Å². The first-order chi connectivity index (χ1) is 13.1. The monoisotopic (exact) mass is 373 g/mol. The van der Waals surface area contributed by atoms with E-state index in [1.807, 2.05) is 0 Å². The van der Waals surface area contributed by atoms with Crippen LogP contribution in [0.5, 0.6) is 11.5 Å². The molecule has 2 aromatic rings. The van der Waals surface area contributed by atoms with Crippen molar-refractivity contribution in [3.63, 3.8) is 0 Å². The van der Waals surface area contributed by atoms with E-state index in [1.165, 1.54) is 19.4 Å². The minimum Gasteiger partial charge on any atom is -0.497 e. The third-order valence-electron chi connectivity index (χ3n) is 3.72. The topological polar surface area (TPSA) is 98.8 Å². The fraction of sp³-hybridized carbons (Fsp3) is 0.316. The first-order valence-electron chi connectivity index (χ1n) is 8.35. The number of aromatic nitrogens is 1. The van der Waals surface area contributed by atoms with Gasteiger partial charge in [0.25, 0.3) is 11.8 Å². The van der Waals surface area contributed by atoms with E-state index < -0.39 is 5.91 Å². The number of anilines is 1. The normalized spacial score (nSPS) is 10.2. The lowest BCUT2D eigenvalue weighted by atomic mass is 10.2. The number of nitrogens with zero attached hydrogens (tertiary/aromatic N) is 1. The predicted octanol–water partition coefficient (Wildman–Crippen LogP) is 2.12. The minimum absolute atomic E-state index is 0.123. The molecule has 8 nitrogen and oxygen atoms in total. The second kappa shape index (κ2) is 10.1. The molecule has 2 N–H and O–H groups in total. The van der Waals surface area contributed by atoms with E-state index >= 15 is 0 Å². The van der Waals surface area contributed by atoms with Crippen molar-refractivity contribution in [2.75, 3.05) is 39.8 Å². The second-order valence-corrected chi connectivity index (χ2v) is 5.55. The highest BCUT2D eigenvalue weighted by Gasteiger charge is 2.14. The van der Waals surface area contributed by atoms with Crippen molar-refractivity contribution in [1.29, 1.82) is 0 Å². The smallest absolute Gasteiger partial charge is 0.274 e. The molecular weight excluding hydrogens is 350 g/mol. The summed E-state index contributed by atoms with van der Waals surface area (Å²) in [4.78, 5) is 28.7. The van der Waals surface area contributed by atoms with Gasteiger partial charge in [-0.25, -0.2) is 0 Å². The number of rotatable bonds is 9. The third kappa shape index (κ3) is 5.68. The van der Waals surface area contributed by atoms with Crippen LogP contribution in [0.15, 0.2) is 36.5 Å². The fourth-order valence-electron chi connectivity index (χ4n) is 2.30. The van der Waals surface area contributed by atoms with Crippen molar-refractivity contribution in [3.8, 4) is 11.5 Å². The van der Waals surface area contributed by atoms with E-state index in [-0.39, 0.29) is 11.6 Å². The highest BCUT2D eigenvalue weighted by atomic mass is 16.5. The van der Waals surface area contributed by atoms with Crippen molar-refractivity contribution < 1.29 is 23.8 Å². The van der Waals surface area contributed by atoms with Gasteiger partial charge in [-0.05, 0) is 30.7 Å². The minimum atomic E-state index is -0.451. The Morgan fingerprint density at radius 3 is 2.56 bits per heavy atom. The van der Waals surface area contributed by atoms with Gasteiger partial charge in [0, 0.05) is 38.1 Å². The van der Waals surface area contributed by atoms with Gasteiger partial charge in [-0.15, -0.1) is 0 Å². The van der Waals surface area contributed by atoms with Crippen molar-refractivity contribution in [2.45, 2.75) is 6.42 Å². The average molecular weight is 373 g/mol. The van der Waals surface area contributed by atoms with Gasteiger partial charge in [0.15, 0.2) is 0 Å². The van der Waals surface area contributed by atoms with E-state index in [9.17, 15) is 9.59 Å². The Morgan fingerprint density at radius 1 is 1.04 bits per heavy atom. The zero-order valence-electron chi connectivity index (χ0n) is 15.6. The Bertz CT molecular complexity index is 795. The maximum atomic E-state index is 12.5. The summed E-state index contributed by atoms with van der Waals surface area (Å²) in [6.45, 7) is 1.05. The number of carbonyl (C=O) groups excluding carboxylic acids is 2. The van der Waals surface area contributed by atoms with Crippen LogP contribution in [-0.4, -0.2) is 51.3 Å². The molecule has 27 heavy (non-hydrogen) atoms. The van der Waals surface area contributed by atoms with Crippen LogP contribution < -0.4 is 20.1 Å². The van der Waals surface area contributed by atoms with Gasteiger partial charge >= 0.3 is 0 Å². The third-order valence-corrected chi connectivity index (χ3v) is 3.72. The van der Waals surface area contributed by atoms with Crippen LogP contribution in [0.4, 0.5) is 5.69 Å². The van der Waals surface area contributed by atoms with Gasteiger partial charge in [0.1, 0.15) is 17.2 Å². The van der Waals surface area contributed by atoms with Gasteiger partial charge in [0.05, 0.1) is 19.9 Å². The number of hydrogen-bond acceptors (Lipinski definition) is 6. The van der Waals surface area contributed by atoms with Gasteiger partial charge in [-0.3, -0.25) is 14.6 Å². The molecule has 144 valence electrons. The molecule has 1 heterocycles. The van der Waals surface area contributed by atoms with Crippen molar-refractivity contribution in [1.82, 2.24) is 10.3 Å². The molecular formula is C19H23N3O5. The van der Waals surface area contributed by atoms with Crippen LogP contribution in [0.2, 0.25) is 0 Å². The summed E-state index contributed by atoms with van der Waals surface area (Å²) >= 11 is 0. The molecule has 0 unspecified atom stereocenters. The molecule has 1 aromatic carbocycles. The molecule has 0 saturated heterocycles. The second-order valence-electron chi connectivity index (χ2n) is 5.55. The molecule has 0 saturated carbocycles. The molecule has 2 rings (SSSR count). The van der Waals surface area contributed by atoms with Crippen LogP contribution in [0.25, 0.3) is 0 Å². The zero-order valence-corrected chi connectivity index (χ0v) is 15.6. The standard InChI is InChI=1S/C19H23N3O5/c1-25-10-4-8-21-18(23)13-7-9-20-16(11-13)19(24)22-15-6-5-14(26-2)12-17(15)27-3/h5-7,9,11-12H,4,8,10H2,1-3H3,(H,21,23)(H,22,24). The van der Waals surface area contributed by atoms with E-state index in [2.05, 4.69) is 15.6 Å². The number of methoxy groups -OCH3 is 3. The number of hydrogen-bond donors (Lipinski definition) is 2. The van der Waals surface area contributed by atoms with Crippen LogP contribution in [-0.2, 0) is 4.74 Å². The molecule has 8 heteroatoms. The number of carbonyl (C=O) groups is 2. The number of pyridine rings is 1. The molecule has 0 radical (unpaired) electrons. The van der Waals surface area contributed by atoms with Crippen molar-refractivity contribution in [2.24, 2.45) is 0 Å². The SMILES string of the molecule is COCCCNC(=O)c1ccnc(C(=O)Nc2ccc(OC)cc2OC)c1. The zero-order chi connectivity index (χ0) is 19.6. The lowest BCUT2D eigenvalue weighted by Gasteiger charge is -2.11.